The number of unbranched alkanes of at least 4 members (excludes halogenated alkanes) is 3. The predicted octanol–water partition coefficient (Wildman–Crippen LogP) is -0.184. The monoisotopic (exact) mass is 302 g/mol. The Balaban J connectivity index is 0. The zero-order valence-corrected chi connectivity index (χ0v) is 15.4. The van der Waals surface area contributed by atoms with Crippen molar-refractivity contribution in [3.05, 3.63) is 0 Å². The standard InChI is InChI=1S/C13H28O4S.Na/c1-3-5-9-12(14)10-7-6-8-11-13(4-2)18(15,16)17;/h12-14H,3-11H2,1-2H3,(H,15,16,17);/q;+1/p-1. The van der Waals surface area contributed by atoms with Crippen molar-refractivity contribution in [2.75, 3.05) is 0 Å². The maximum atomic E-state index is 10.9. The first-order valence-corrected chi connectivity index (χ1v) is 8.51. The molecule has 0 aliphatic carbocycles. The average molecular weight is 302 g/mol. The maximum Gasteiger partial charge on any atom is 1.00 e. The summed E-state index contributed by atoms with van der Waals surface area (Å²) < 4.78 is 32.6. The van der Waals surface area contributed by atoms with Crippen LogP contribution in [0.3, 0.4) is 0 Å². The fourth-order valence-corrected chi connectivity index (χ4v) is 2.93. The molecule has 2 atom stereocenters. The van der Waals surface area contributed by atoms with Crippen LogP contribution < -0.4 is 29.6 Å². The third kappa shape index (κ3) is 12.3. The second kappa shape index (κ2) is 12.6. The summed E-state index contributed by atoms with van der Waals surface area (Å²) in [5.41, 5.74) is 0. The van der Waals surface area contributed by atoms with E-state index in [-0.39, 0.29) is 35.7 Å². The number of hydrogen-bond acceptors (Lipinski definition) is 4. The number of rotatable bonds is 11. The molecule has 0 aromatic rings. The third-order valence-electron chi connectivity index (χ3n) is 3.32. The first-order valence-electron chi connectivity index (χ1n) is 7.04. The molecule has 0 spiro atoms. The van der Waals surface area contributed by atoms with Gasteiger partial charge in [0.05, 0.1) is 16.2 Å². The van der Waals surface area contributed by atoms with Crippen molar-refractivity contribution < 1.29 is 47.6 Å². The van der Waals surface area contributed by atoms with Gasteiger partial charge in [0.25, 0.3) is 0 Å². The van der Waals surface area contributed by atoms with Crippen molar-refractivity contribution in [3.63, 3.8) is 0 Å². The van der Waals surface area contributed by atoms with E-state index < -0.39 is 15.4 Å². The van der Waals surface area contributed by atoms with Gasteiger partial charge in [-0.05, 0) is 25.7 Å². The molecule has 0 saturated heterocycles. The summed E-state index contributed by atoms with van der Waals surface area (Å²) in [5.74, 6) is 0. The van der Waals surface area contributed by atoms with Crippen LogP contribution in [0.5, 0.6) is 0 Å². The van der Waals surface area contributed by atoms with Crippen molar-refractivity contribution in [1.29, 1.82) is 0 Å². The molecule has 0 rings (SSSR count). The zero-order valence-electron chi connectivity index (χ0n) is 12.6. The molecule has 110 valence electrons. The van der Waals surface area contributed by atoms with Crippen molar-refractivity contribution in [2.45, 2.75) is 83.0 Å². The molecule has 0 aromatic carbocycles. The second-order valence-electron chi connectivity index (χ2n) is 4.96. The van der Waals surface area contributed by atoms with Crippen molar-refractivity contribution >= 4 is 10.1 Å². The molecule has 2 unspecified atom stereocenters. The Morgan fingerprint density at radius 2 is 1.53 bits per heavy atom. The van der Waals surface area contributed by atoms with Crippen LogP contribution in [0, 0.1) is 0 Å². The van der Waals surface area contributed by atoms with Crippen molar-refractivity contribution in [1.82, 2.24) is 0 Å². The smallest absolute Gasteiger partial charge is 0.748 e. The summed E-state index contributed by atoms with van der Waals surface area (Å²) in [6.45, 7) is 3.83. The molecule has 0 saturated carbocycles. The summed E-state index contributed by atoms with van der Waals surface area (Å²) in [4.78, 5) is 0. The Morgan fingerprint density at radius 1 is 1.00 bits per heavy atom. The molecular formula is C13H27NaO4S. The fourth-order valence-electron chi connectivity index (χ4n) is 2.07. The van der Waals surface area contributed by atoms with Crippen LogP contribution >= 0.6 is 0 Å². The van der Waals surface area contributed by atoms with E-state index >= 15 is 0 Å². The van der Waals surface area contributed by atoms with Gasteiger partial charge in [0, 0.05) is 5.25 Å². The molecule has 0 aliphatic rings. The van der Waals surface area contributed by atoms with Gasteiger partial charge in [-0.25, -0.2) is 8.42 Å². The molecule has 19 heavy (non-hydrogen) atoms. The van der Waals surface area contributed by atoms with E-state index in [0.717, 1.165) is 44.9 Å². The van der Waals surface area contributed by atoms with Gasteiger partial charge in [0.1, 0.15) is 0 Å². The Labute approximate surface area is 140 Å². The van der Waals surface area contributed by atoms with E-state index in [1.54, 1.807) is 6.92 Å². The Kier molecular flexibility index (Phi) is 14.7. The molecule has 6 heteroatoms. The van der Waals surface area contributed by atoms with Gasteiger partial charge in [-0.2, -0.15) is 0 Å². The molecule has 4 nitrogen and oxygen atoms in total. The maximum absolute atomic E-state index is 10.9. The average Bonchev–Trinajstić information content (AvgIpc) is 2.29. The van der Waals surface area contributed by atoms with Crippen LogP contribution in [-0.2, 0) is 10.1 Å². The van der Waals surface area contributed by atoms with Gasteiger partial charge >= 0.3 is 29.6 Å². The van der Waals surface area contributed by atoms with Gasteiger partial charge in [0.15, 0.2) is 0 Å². The molecule has 0 radical (unpaired) electrons. The van der Waals surface area contributed by atoms with Gasteiger partial charge in [-0.1, -0.05) is 46.0 Å². The van der Waals surface area contributed by atoms with E-state index in [1.165, 1.54) is 0 Å². The summed E-state index contributed by atoms with van der Waals surface area (Å²) in [6, 6.07) is 0. The van der Waals surface area contributed by atoms with E-state index in [9.17, 15) is 18.1 Å². The molecule has 0 aromatic heterocycles. The molecule has 0 heterocycles. The van der Waals surface area contributed by atoms with Crippen LogP contribution in [-0.4, -0.2) is 29.4 Å². The van der Waals surface area contributed by atoms with Crippen LogP contribution in [0.1, 0.15) is 71.6 Å². The topological polar surface area (TPSA) is 77.4 Å². The van der Waals surface area contributed by atoms with Gasteiger partial charge in [-0.3, -0.25) is 0 Å². The predicted molar refractivity (Wildman–Crippen MR) is 72.4 cm³/mol. The molecule has 0 fully saturated rings. The van der Waals surface area contributed by atoms with Crippen LogP contribution in [0.2, 0.25) is 0 Å². The fraction of sp³-hybridized carbons (Fsp3) is 1.00. The zero-order chi connectivity index (χ0) is 14.0. The molecule has 0 amide bonds. The Morgan fingerprint density at radius 3 is 2.00 bits per heavy atom. The minimum absolute atomic E-state index is 0. The molecule has 0 aliphatic heterocycles. The van der Waals surface area contributed by atoms with Crippen molar-refractivity contribution in [2.24, 2.45) is 0 Å². The SMILES string of the molecule is CCCCC(O)CCCCCC(CC)S(=O)(=O)[O-].[Na+]. The molecule has 0 bridgehead atoms. The number of aliphatic hydroxyl groups is 1. The minimum Gasteiger partial charge on any atom is -0.748 e. The van der Waals surface area contributed by atoms with E-state index in [1.807, 2.05) is 0 Å². The summed E-state index contributed by atoms with van der Waals surface area (Å²) in [6.07, 6.45) is 6.93. The Bertz CT molecular complexity index is 293. The van der Waals surface area contributed by atoms with Gasteiger partial charge in [-0.15, -0.1) is 0 Å². The first kappa shape index (κ1) is 22.2. The molecular weight excluding hydrogens is 275 g/mol. The van der Waals surface area contributed by atoms with E-state index in [0.29, 0.717) is 12.8 Å². The quantitative estimate of drug-likeness (QED) is 0.326. The van der Waals surface area contributed by atoms with Gasteiger partial charge in [0.2, 0.25) is 0 Å². The van der Waals surface area contributed by atoms with E-state index in [2.05, 4.69) is 6.92 Å². The first-order chi connectivity index (χ1) is 8.41. The second-order valence-corrected chi connectivity index (χ2v) is 6.61. The molecule has 1 N–H and O–H groups in total. The number of aliphatic hydroxyl groups excluding tert-OH is 1. The van der Waals surface area contributed by atoms with Crippen LogP contribution in [0.4, 0.5) is 0 Å². The summed E-state index contributed by atoms with van der Waals surface area (Å²) in [7, 11) is -4.13. The summed E-state index contributed by atoms with van der Waals surface area (Å²) >= 11 is 0. The van der Waals surface area contributed by atoms with Crippen LogP contribution in [0.15, 0.2) is 0 Å². The van der Waals surface area contributed by atoms with Crippen LogP contribution in [0.25, 0.3) is 0 Å². The van der Waals surface area contributed by atoms with Crippen molar-refractivity contribution in [3.8, 4) is 0 Å². The van der Waals surface area contributed by atoms with E-state index in [4.69, 9.17) is 0 Å². The summed E-state index contributed by atoms with van der Waals surface area (Å²) in [5, 5.41) is 8.88. The minimum atomic E-state index is -4.13. The Hall–Kier alpha value is 0.870. The number of hydrogen-bond donors (Lipinski definition) is 1. The normalized spacial score (nSPS) is 14.7. The largest absolute Gasteiger partial charge is 1.00 e. The third-order valence-corrected chi connectivity index (χ3v) is 4.70. The van der Waals surface area contributed by atoms with Gasteiger partial charge < -0.3 is 9.66 Å².